The standard InChI is InChI=1S/C20H15BrF2N4O/c21-14-3-6-18(16(23)9-14)26-20(28)27-8-7-17-13(11-27)10-24-19(25-17)12-1-4-15(22)5-2-12/h1-6,9-10H,7-8,11H2,(H,26,28). The van der Waals surface area contributed by atoms with Gasteiger partial charge in [-0.1, -0.05) is 15.9 Å². The van der Waals surface area contributed by atoms with Crippen molar-refractivity contribution in [2.45, 2.75) is 13.0 Å². The molecule has 0 fully saturated rings. The Morgan fingerprint density at radius 3 is 2.68 bits per heavy atom. The minimum absolute atomic E-state index is 0.127. The number of rotatable bonds is 2. The fraction of sp³-hybridized carbons (Fsp3) is 0.150. The smallest absolute Gasteiger partial charge is 0.320 e. The molecule has 8 heteroatoms. The van der Waals surface area contributed by atoms with E-state index >= 15 is 0 Å². The van der Waals surface area contributed by atoms with E-state index in [4.69, 9.17) is 0 Å². The first-order chi connectivity index (χ1) is 13.5. The van der Waals surface area contributed by atoms with Crippen LogP contribution in [-0.4, -0.2) is 27.4 Å². The number of nitrogens with one attached hydrogen (secondary N) is 1. The number of benzene rings is 2. The fourth-order valence-corrected chi connectivity index (χ4v) is 3.35. The summed E-state index contributed by atoms with van der Waals surface area (Å²) in [6.45, 7) is 0.792. The second-order valence-electron chi connectivity index (χ2n) is 6.40. The van der Waals surface area contributed by atoms with Gasteiger partial charge in [0, 0.05) is 34.8 Å². The minimum Gasteiger partial charge on any atom is -0.320 e. The third-order valence-corrected chi connectivity index (χ3v) is 4.99. The Bertz CT molecular complexity index is 1040. The zero-order valence-electron chi connectivity index (χ0n) is 14.6. The van der Waals surface area contributed by atoms with Crippen LogP contribution in [0.2, 0.25) is 0 Å². The number of anilines is 1. The molecule has 4 rings (SSSR count). The van der Waals surface area contributed by atoms with Crippen molar-refractivity contribution in [1.82, 2.24) is 14.9 Å². The van der Waals surface area contributed by atoms with Crippen LogP contribution in [0.3, 0.4) is 0 Å². The molecule has 0 saturated heterocycles. The van der Waals surface area contributed by atoms with E-state index in [-0.39, 0.29) is 17.5 Å². The predicted molar refractivity (Wildman–Crippen MR) is 105 cm³/mol. The molecule has 0 saturated carbocycles. The summed E-state index contributed by atoms with van der Waals surface area (Å²) >= 11 is 3.19. The molecule has 2 heterocycles. The van der Waals surface area contributed by atoms with Gasteiger partial charge >= 0.3 is 6.03 Å². The van der Waals surface area contributed by atoms with Gasteiger partial charge in [-0.2, -0.15) is 0 Å². The van der Waals surface area contributed by atoms with Crippen molar-refractivity contribution in [1.29, 1.82) is 0 Å². The van der Waals surface area contributed by atoms with Crippen molar-refractivity contribution >= 4 is 27.6 Å². The molecule has 2 amide bonds. The molecular weight excluding hydrogens is 430 g/mol. The summed E-state index contributed by atoms with van der Waals surface area (Å²) in [5, 5.41) is 2.60. The van der Waals surface area contributed by atoms with Crippen molar-refractivity contribution in [3.8, 4) is 11.4 Å². The van der Waals surface area contributed by atoms with Crippen molar-refractivity contribution < 1.29 is 13.6 Å². The summed E-state index contributed by atoms with van der Waals surface area (Å²) in [7, 11) is 0. The Kier molecular flexibility index (Phi) is 5.04. The van der Waals surface area contributed by atoms with E-state index < -0.39 is 5.82 Å². The molecule has 0 atom stereocenters. The first kappa shape index (κ1) is 18.5. The lowest BCUT2D eigenvalue weighted by molar-refractivity contribution is 0.205. The van der Waals surface area contributed by atoms with Gasteiger partial charge in [0.15, 0.2) is 5.82 Å². The van der Waals surface area contributed by atoms with Gasteiger partial charge in [-0.05, 0) is 42.5 Å². The highest BCUT2D eigenvalue weighted by molar-refractivity contribution is 9.10. The SMILES string of the molecule is O=C(Nc1ccc(Br)cc1F)N1CCc2nc(-c3ccc(F)cc3)ncc2C1. The van der Waals surface area contributed by atoms with E-state index in [0.29, 0.717) is 29.8 Å². The van der Waals surface area contributed by atoms with Gasteiger partial charge in [0.25, 0.3) is 0 Å². The molecule has 28 heavy (non-hydrogen) atoms. The van der Waals surface area contributed by atoms with Gasteiger partial charge in [-0.25, -0.2) is 23.5 Å². The summed E-state index contributed by atoms with van der Waals surface area (Å²) in [6, 6.07) is 10.1. The molecule has 2 aromatic carbocycles. The molecule has 0 bridgehead atoms. The lowest BCUT2D eigenvalue weighted by Gasteiger charge is -2.28. The summed E-state index contributed by atoms with van der Waals surface area (Å²) in [6.07, 6.45) is 2.24. The minimum atomic E-state index is -0.507. The average molecular weight is 445 g/mol. The largest absolute Gasteiger partial charge is 0.322 e. The maximum absolute atomic E-state index is 13.9. The van der Waals surface area contributed by atoms with Crippen molar-refractivity contribution in [2.75, 3.05) is 11.9 Å². The first-order valence-corrected chi connectivity index (χ1v) is 9.40. The molecule has 1 aromatic heterocycles. The second kappa shape index (κ2) is 7.63. The quantitative estimate of drug-likeness (QED) is 0.618. The summed E-state index contributed by atoms with van der Waals surface area (Å²) in [4.78, 5) is 23.0. The number of fused-ring (bicyclic) bond motifs is 1. The van der Waals surface area contributed by atoms with Crippen molar-refractivity contribution in [3.05, 3.63) is 76.0 Å². The Hall–Kier alpha value is -2.87. The number of halogens is 3. The Morgan fingerprint density at radius 1 is 1.14 bits per heavy atom. The molecule has 142 valence electrons. The summed E-state index contributed by atoms with van der Waals surface area (Å²) in [5.74, 6) is -0.299. The van der Waals surface area contributed by atoms with Crippen LogP contribution in [-0.2, 0) is 13.0 Å². The highest BCUT2D eigenvalue weighted by Crippen LogP contribution is 2.23. The third kappa shape index (κ3) is 3.87. The molecule has 3 aromatic rings. The summed E-state index contributed by atoms with van der Waals surface area (Å²) < 4.78 is 27.6. The number of carbonyl (C=O) groups excluding carboxylic acids is 1. The van der Waals surface area contributed by atoms with E-state index in [0.717, 1.165) is 16.8 Å². The van der Waals surface area contributed by atoms with Crippen LogP contribution in [0.15, 0.2) is 53.1 Å². The Morgan fingerprint density at radius 2 is 1.93 bits per heavy atom. The van der Waals surface area contributed by atoms with Gasteiger partial charge in [0.05, 0.1) is 17.9 Å². The molecule has 0 aliphatic carbocycles. The lowest BCUT2D eigenvalue weighted by Crippen LogP contribution is -2.39. The maximum Gasteiger partial charge on any atom is 0.322 e. The topological polar surface area (TPSA) is 58.1 Å². The van der Waals surface area contributed by atoms with Crippen LogP contribution >= 0.6 is 15.9 Å². The normalized spacial score (nSPS) is 13.2. The number of urea groups is 1. The summed E-state index contributed by atoms with van der Waals surface area (Å²) in [5.41, 5.74) is 2.55. The van der Waals surface area contributed by atoms with E-state index in [9.17, 15) is 13.6 Å². The molecule has 0 radical (unpaired) electrons. The van der Waals surface area contributed by atoms with Gasteiger partial charge < -0.3 is 10.2 Å². The van der Waals surface area contributed by atoms with Crippen molar-refractivity contribution in [3.63, 3.8) is 0 Å². The predicted octanol–water partition coefficient (Wildman–Crippen LogP) is 4.77. The molecule has 5 nitrogen and oxygen atoms in total. The van der Waals surface area contributed by atoms with E-state index in [1.54, 1.807) is 29.3 Å². The first-order valence-electron chi connectivity index (χ1n) is 8.61. The zero-order chi connectivity index (χ0) is 19.7. The number of amides is 2. The molecule has 1 aliphatic heterocycles. The number of hydrogen-bond donors (Lipinski definition) is 1. The Labute approximate surface area is 168 Å². The lowest BCUT2D eigenvalue weighted by atomic mass is 10.1. The highest BCUT2D eigenvalue weighted by Gasteiger charge is 2.23. The zero-order valence-corrected chi connectivity index (χ0v) is 16.2. The van der Waals surface area contributed by atoms with E-state index in [2.05, 4.69) is 31.2 Å². The molecule has 0 unspecified atom stereocenters. The second-order valence-corrected chi connectivity index (χ2v) is 7.31. The van der Waals surface area contributed by atoms with E-state index in [1.807, 2.05) is 0 Å². The van der Waals surface area contributed by atoms with Crippen LogP contribution in [0.25, 0.3) is 11.4 Å². The highest BCUT2D eigenvalue weighted by atomic mass is 79.9. The van der Waals surface area contributed by atoms with Crippen LogP contribution in [0.1, 0.15) is 11.3 Å². The fourth-order valence-electron chi connectivity index (χ4n) is 3.01. The average Bonchev–Trinajstić information content (AvgIpc) is 2.70. The van der Waals surface area contributed by atoms with Gasteiger partial charge in [-0.15, -0.1) is 0 Å². The van der Waals surface area contributed by atoms with Gasteiger partial charge in [-0.3, -0.25) is 0 Å². The van der Waals surface area contributed by atoms with E-state index in [1.165, 1.54) is 24.3 Å². The van der Waals surface area contributed by atoms with Crippen LogP contribution in [0, 0.1) is 11.6 Å². The van der Waals surface area contributed by atoms with Crippen molar-refractivity contribution in [2.24, 2.45) is 0 Å². The van der Waals surface area contributed by atoms with Gasteiger partial charge in [0.2, 0.25) is 0 Å². The monoisotopic (exact) mass is 444 g/mol. The maximum atomic E-state index is 13.9. The molecule has 1 aliphatic rings. The third-order valence-electron chi connectivity index (χ3n) is 4.50. The van der Waals surface area contributed by atoms with Crippen LogP contribution in [0.4, 0.5) is 19.3 Å². The number of carbonyl (C=O) groups is 1. The Balaban J connectivity index is 1.48. The number of aromatic nitrogens is 2. The molecule has 1 N–H and O–H groups in total. The molecule has 0 spiro atoms. The molecular formula is C20H15BrF2N4O. The number of nitrogens with zero attached hydrogens (tertiary/aromatic N) is 3. The van der Waals surface area contributed by atoms with Crippen LogP contribution < -0.4 is 5.32 Å². The van der Waals surface area contributed by atoms with Crippen LogP contribution in [0.5, 0.6) is 0 Å². The number of hydrogen-bond acceptors (Lipinski definition) is 3. The van der Waals surface area contributed by atoms with Gasteiger partial charge in [0.1, 0.15) is 11.6 Å².